The molecule has 0 amide bonds. The molecule has 0 radical (unpaired) electrons. The number of carbonyl (C=O) groups is 1. The van der Waals surface area contributed by atoms with Crippen molar-refractivity contribution in [1.82, 2.24) is 0 Å². The molecule has 0 saturated heterocycles. The number of benzene rings is 1. The van der Waals surface area contributed by atoms with Gasteiger partial charge in [0.25, 0.3) is 0 Å². The molecule has 1 aliphatic rings. The molecule has 1 aromatic carbocycles. The molecule has 0 spiro atoms. The molecule has 3 nitrogen and oxygen atoms in total. The van der Waals surface area contributed by atoms with Crippen molar-refractivity contribution in [2.75, 3.05) is 7.11 Å². The highest BCUT2D eigenvalue weighted by Crippen LogP contribution is 2.37. The first kappa shape index (κ1) is 12.9. The predicted molar refractivity (Wildman–Crippen MR) is 69.4 cm³/mol. The van der Waals surface area contributed by atoms with Crippen LogP contribution in [-0.2, 0) is 9.53 Å². The summed E-state index contributed by atoms with van der Waals surface area (Å²) in [5.41, 5.74) is 1.30. The van der Waals surface area contributed by atoms with Crippen LogP contribution in [0.4, 0.5) is 0 Å². The quantitative estimate of drug-likeness (QED) is 0.835. The van der Waals surface area contributed by atoms with Crippen molar-refractivity contribution in [3.63, 3.8) is 0 Å². The van der Waals surface area contributed by atoms with Gasteiger partial charge >= 0.3 is 5.97 Å². The maximum absolute atomic E-state index is 11.2. The van der Waals surface area contributed by atoms with E-state index in [4.69, 9.17) is 4.74 Å². The van der Waals surface area contributed by atoms with Crippen LogP contribution in [0.3, 0.4) is 0 Å². The fourth-order valence-corrected chi connectivity index (χ4v) is 2.77. The Morgan fingerprint density at radius 1 is 1.22 bits per heavy atom. The van der Waals surface area contributed by atoms with E-state index in [2.05, 4.69) is 0 Å². The molecule has 1 fully saturated rings. The Bertz CT molecular complexity index is 389. The molecule has 0 bridgehead atoms. The number of methoxy groups -OCH3 is 1. The fraction of sp³-hybridized carbons (Fsp3) is 0.533. The highest BCUT2D eigenvalue weighted by molar-refractivity contribution is 5.69. The molecule has 98 valence electrons. The summed E-state index contributed by atoms with van der Waals surface area (Å²) in [5, 5.41) is 9.27. The van der Waals surface area contributed by atoms with Crippen LogP contribution in [0.5, 0.6) is 5.75 Å². The first-order chi connectivity index (χ1) is 8.69. The third-order valence-electron chi connectivity index (χ3n) is 3.89. The van der Waals surface area contributed by atoms with E-state index in [1.54, 1.807) is 12.1 Å². The van der Waals surface area contributed by atoms with E-state index in [0.29, 0.717) is 24.0 Å². The van der Waals surface area contributed by atoms with E-state index in [0.717, 1.165) is 25.7 Å². The Hall–Kier alpha value is -1.51. The van der Waals surface area contributed by atoms with Crippen molar-refractivity contribution >= 4 is 5.97 Å². The third kappa shape index (κ3) is 3.25. The summed E-state index contributed by atoms with van der Waals surface area (Å²) in [6, 6.07) is 7.49. The van der Waals surface area contributed by atoms with E-state index >= 15 is 0 Å². The summed E-state index contributed by atoms with van der Waals surface area (Å²) in [7, 11) is 1.45. The lowest BCUT2D eigenvalue weighted by Gasteiger charge is -2.28. The Kier molecular flexibility index (Phi) is 4.24. The van der Waals surface area contributed by atoms with Gasteiger partial charge in [0.2, 0.25) is 0 Å². The molecule has 3 heteroatoms. The second-order valence-electron chi connectivity index (χ2n) is 5.09. The standard InChI is InChI=1S/C15H20O3/c1-18-15(17)10-11-2-4-12(5-3-11)13-6-8-14(16)9-7-13/h6-9,11-12,16H,2-5,10H2,1H3/t11-,12+. The molecule has 1 saturated carbocycles. The van der Waals surface area contributed by atoms with Crippen LogP contribution in [0, 0.1) is 5.92 Å². The molecule has 1 aromatic rings. The lowest BCUT2D eigenvalue weighted by molar-refractivity contribution is -0.142. The van der Waals surface area contributed by atoms with Crippen molar-refractivity contribution in [2.45, 2.75) is 38.0 Å². The zero-order valence-electron chi connectivity index (χ0n) is 10.8. The Morgan fingerprint density at radius 3 is 2.39 bits per heavy atom. The molecule has 0 aromatic heterocycles. The lowest BCUT2D eigenvalue weighted by atomic mass is 9.77. The van der Waals surface area contributed by atoms with Gasteiger partial charge in [-0.3, -0.25) is 4.79 Å². The van der Waals surface area contributed by atoms with Crippen LogP contribution in [-0.4, -0.2) is 18.2 Å². The highest BCUT2D eigenvalue weighted by atomic mass is 16.5. The van der Waals surface area contributed by atoms with Crippen molar-refractivity contribution in [3.05, 3.63) is 29.8 Å². The summed E-state index contributed by atoms with van der Waals surface area (Å²) in [6.07, 6.45) is 4.96. The van der Waals surface area contributed by atoms with Gasteiger partial charge in [-0.1, -0.05) is 12.1 Å². The van der Waals surface area contributed by atoms with Crippen molar-refractivity contribution in [1.29, 1.82) is 0 Å². The summed E-state index contributed by atoms with van der Waals surface area (Å²) in [5.74, 6) is 1.27. The molecular formula is C15H20O3. The largest absolute Gasteiger partial charge is 0.508 e. The monoisotopic (exact) mass is 248 g/mol. The summed E-state index contributed by atoms with van der Waals surface area (Å²) in [4.78, 5) is 11.2. The second-order valence-corrected chi connectivity index (χ2v) is 5.09. The number of carbonyl (C=O) groups excluding carboxylic acids is 1. The lowest BCUT2D eigenvalue weighted by Crippen LogP contribution is -2.17. The van der Waals surface area contributed by atoms with Gasteiger partial charge < -0.3 is 9.84 Å². The zero-order chi connectivity index (χ0) is 13.0. The molecule has 1 N–H and O–H groups in total. The minimum Gasteiger partial charge on any atom is -0.508 e. The topological polar surface area (TPSA) is 46.5 Å². The Balaban J connectivity index is 1.86. The van der Waals surface area contributed by atoms with Crippen LogP contribution in [0.25, 0.3) is 0 Å². The molecular weight excluding hydrogens is 228 g/mol. The molecule has 0 heterocycles. The van der Waals surface area contributed by atoms with Gasteiger partial charge in [0.1, 0.15) is 5.75 Å². The van der Waals surface area contributed by atoms with Crippen LogP contribution in [0.1, 0.15) is 43.6 Å². The number of phenols is 1. The van der Waals surface area contributed by atoms with Gasteiger partial charge in [0.05, 0.1) is 7.11 Å². The van der Waals surface area contributed by atoms with Crippen LogP contribution in [0.15, 0.2) is 24.3 Å². The predicted octanol–water partition coefficient (Wildman–Crippen LogP) is 3.23. The number of hydrogen-bond donors (Lipinski definition) is 1. The fourth-order valence-electron chi connectivity index (χ4n) is 2.77. The first-order valence-electron chi connectivity index (χ1n) is 6.54. The van der Waals surface area contributed by atoms with Gasteiger partial charge in [-0.15, -0.1) is 0 Å². The van der Waals surface area contributed by atoms with Crippen LogP contribution in [0.2, 0.25) is 0 Å². The average molecular weight is 248 g/mol. The van der Waals surface area contributed by atoms with Gasteiger partial charge in [0, 0.05) is 6.42 Å². The third-order valence-corrected chi connectivity index (χ3v) is 3.89. The van der Waals surface area contributed by atoms with E-state index in [9.17, 15) is 9.90 Å². The number of aromatic hydroxyl groups is 1. The van der Waals surface area contributed by atoms with Crippen molar-refractivity contribution in [2.24, 2.45) is 5.92 Å². The number of rotatable bonds is 3. The van der Waals surface area contributed by atoms with Crippen molar-refractivity contribution < 1.29 is 14.6 Å². The summed E-state index contributed by atoms with van der Waals surface area (Å²) < 4.78 is 4.71. The van der Waals surface area contributed by atoms with E-state index in [1.807, 2.05) is 12.1 Å². The normalized spacial score (nSPS) is 23.6. The van der Waals surface area contributed by atoms with Crippen LogP contribution >= 0.6 is 0 Å². The highest BCUT2D eigenvalue weighted by Gasteiger charge is 2.24. The minimum absolute atomic E-state index is 0.0944. The summed E-state index contributed by atoms with van der Waals surface area (Å²) in [6.45, 7) is 0. The number of esters is 1. The molecule has 1 aliphatic carbocycles. The van der Waals surface area contributed by atoms with Crippen molar-refractivity contribution in [3.8, 4) is 5.75 Å². The SMILES string of the molecule is COC(=O)C[C@H]1CC[C@@H](c2ccc(O)cc2)CC1. The number of hydrogen-bond acceptors (Lipinski definition) is 3. The van der Waals surface area contributed by atoms with Gasteiger partial charge in [0.15, 0.2) is 0 Å². The first-order valence-corrected chi connectivity index (χ1v) is 6.54. The Morgan fingerprint density at radius 2 is 1.83 bits per heavy atom. The smallest absolute Gasteiger partial charge is 0.305 e. The molecule has 0 aliphatic heterocycles. The van der Waals surface area contributed by atoms with Gasteiger partial charge in [-0.2, -0.15) is 0 Å². The molecule has 2 rings (SSSR count). The average Bonchev–Trinajstić information content (AvgIpc) is 2.40. The molecule has 0 unspecified atom stereocenters. The molecule has 0 atom stereocenters. The number of phenolic OH excluding ortho intramolecular Hbond substituents is 1. The summed E-state index contributed by atoms with van der Waals surface area (Å²) >= 11 is 0. The second kappa shape index (κ2) is 5.89. The molecule has 18 heavy (non-hydrogen) atoms. The van der Waals surface area contributed by atoms with Gasteiger partial charge in [-0.05, 0) is 55.2 Å². The maximum Gasteiger partial charge on any atom is 0.305 e. The minimum atomic E-state index is -0.0944. The maximum atomic E-state index is 11.2. The number of ether oxygens (including phenoxy) is 1. The van der Waals surface area contributed by atoms with E-state index in [-0.39, 0.29) is 5.97 Å². The van der Waals surface area contributed by atoms with E-state index in [1.165, 1.54) is 12.7 Å². The van der Waals surface area contributed by atoms with Crippen LogP contribution < -0.4 is 0 Å². The Labute approximate surface area is 108 Å². The van der Waals surface area contributed by atoms with E-state index < -0.39 is 0 Å². The van der Waals surface area contributed by atoms with Gasteiger partial charge in [-0.25, -0.2) is 0 Å². The zero-order valence-corrected chi connectivity index (χ0v) is 10.8.